The monoisotopic (exact) mass is 262 g/mol. The number of carboxylic acids is 2. The van der Waals surface area contributed by atoms with Gasteiger partial charge in [-0.15, -0.1) is 0 Å². The van der Waals surface area contributed by atoms with Gasteiger partial charge in [-0.05, 0) is 6.92 Å². The molecule has 3 N–H and O–H groups in total. The second-order valence-electron chi connectivity index (χ2n) is 3.48. The maximum absolute atomic E-state index is 11.2. The van der Waals surface area contributed by atoms with Gasteiger partial charge in [0.2, 0.25) is 0 Å². The van der Waals surface area contributed by atoms with Crippen molar-refractivity contribution in [3.8, 4) is 0 Å². The van der Waals surface area contributed by atoms with E-state index in [2.05, 4.69) is 5.32 Å². The van der Waals surface area contributed by atoms with Crippen LogP contribution in [0.15, 0.2) is 0 Å². The Hall–Kier alpha value is -1.67. The van der Waals surface area contributed by atoms with E-state index in [0.717, 1.165) is 0 Å². The van der Waals surface area contributed by atoms with Gasteiger partial charge in [-0.1, -0.05) is 0 Å². The van der Waals surface area contributed by atoms with Crippen LogP contribution in [-0.2, 0) is 19.1 Å². The summed E-state index contributed by atoms with van der Waals surface area (Å²) in [6.07, 6.45) is 0. The molecule has 0 rings (SSSR count). The molecule has 0 radical (unpaired) electrons. The zero-order valence-electron chi connectivity index (χ0n) is 10.2. The van der Waals surface area contributed by atoms with E-state index >= 15 is 0 Å². The van der Waals surface area contributed by atoms with Gasteiger partial charge in [0.15, 0.2) is 0 Å². The van der Waals surface area contributed by atoms with Crippen LogP contribution < -0.4 is 5.32 Å². The molecule has 104 valence electrons. The first-order valence-corrected chi connectivity index (χ1v) is 5.48. The smallest absolute Gasteiger partial charge is 0.320 e. The van der Waals surface area contributed by atoms with E-state index in [9.17, 15) is 14.4 Å². The third-order valence-electron chi connectivity index (χ3n) is 1.90. The van der Waals surface area contributed by atoms with Crippen LogP contribution in [-0.4, -0.2) is 72.4 Å². The number of ether oxygens (including phenoxy) is 1. The van der Waals surface area contributed by atoms with E-state index in [1.54, 1.807) is 6.92 Å². The fourth-order valence-corrected chi connectivity index (χ4v) is 1.23. The highest BCUT2D eigenvalue weighted by Gasteiger charge is 2.14. The first kappa shape index (κ1) is 16.3. The number of carbonyl (C=O) groups is 3. The Morgan fingerprint density at radius 3 is 2.33 bits per heavy atom. The number of esters is 1. The van der Waals surface area contributed by atoms with Crippen molar-refractivity contribution >= 4 is 17.9 Å². The first-order chi connectivity index (χ1) is 8.45. The predicted octanol–water partition coefficient (Wildman–Crippen LogP) is -1.39. The van der Waals surface area contributed by atoms with E-state index in [-0.39, 0.29) is 39.3 Å². The molecule has 0 aromatic carbocycles. The molecule has 0 heterocycles. The summed E-state index contributed by atoms with van der Waals surface area (Å²) in [7, 11) is 0. The van der Waals surface area contributed by atoms with Crippen molar-refractivity contribution in [2.45, 2.75) is 6.92 Å². The van der Waals surface area contributed by atoms with E-state index in [1.165, 1.54) is 4.90 Å². The zero-order chi connectivity index (χ0) is 14.0. The Morgan fingerprint density at radius 2 is 1.83 bits per heavy atom. The molecule has 0 bridgehead atoms. The van der Waals surface area contributed by atoms with E-state index in [0.29, 0.717) is 0 Å². The summed E-state index contributed by atoms with van der Waals surface area (Å²) in [5.74, 6) is -2.56. The van der Waals surface area contributed by atoms with Gasteiger partial charge in [-0.3, -0.25) is 19.3 Å². The molecule has 0 aliphatic carbocycles. The summed E-state index contributed by atoms with van der Waals surface area (Å²) >= 11 is 0. The third kappa shape index (κ3) is 9.55. The predicted molar refractivity (Wildman–Crippen MR) is 61.2 cm³/mol. The molecule has 0 saturated heterocycles. The standard InChI is InChI=1S/C10H18N2O6/c1-2-18-10(17)7-12(6-9(15)16)4-3-11-5-8(13)14/h11H,2-7H2,1H3,(H,13,14)(H,15,16). The third-order valence-corrected chi connectivity index (χ3v) is 1.90. The van der Waals surface area contributed by atoms with E-state index in [4.69, 9.17) is 14.9 Å². The van der Waals surface area contributed by atoms with Crippen LogP contribution in [0.4, 0.5) is 0 Å². The average Bonchev–Trinajstić information content (AvgIpc) is 2.23. The van der Waals surface area contributed by atoms with Crippen molar-refractivity contribution in [3.05, 3.63) is 0 Å². The highest BCUT2D eigenvalue weighted by molar-refractivity contribution is 5.74. The zero-order valence-corrected chi connectivity index (χ0v) is 10.2. The van der Waals surface area contributed by atoms with E-state index in [1.807, 2.05) is 0 Å². The normalized spacial score (nSPS) is 10.3. The quantitative estimate of drug-likeness (QED) is 0.325. The van der Waals surface area contributed by atoms with Crippen LogP contribution in [0.5, 0.6) is 0 Å². The highest BCUT2D eigenvalue weighted by atomic mass is 16.5. The topological polar surface area (TPSA) is 116 Å². The van der Waals surface area contributed by atoms with Gasteiger partial charge in [0.1, 0.15) is 0 Å². The largest absolute Gasteiger partial charge is 0.480 e. The fourth-order valence-electron chi connectivity index (χ4n) is 1.23. The van der Waals surface area contributed by atoms with Crippen molar-refractivity contribution in [3.63, 3.8) is 0 Å². The summed E-state index contributed by atoms with van der Waals surface area (Å²) in [6.45, 7) is 1.78. The Morgan fingerprint density at radius 1 is 1.17 bits per heavy atom. The summed E-state index contributed by atoms with van der Waals surface area (Å²) in [4.78, 5) is 33.4. The van der Waals surface area contributed by atoms with Crippen molar-refractivity contribution in [2.24, 2.45) is 0 Å². The lowest BCUT2D eigenvalue weighted by Gasteiger charge is -2.18. The lowest BCUT2D eigenvalue weighted by atomic mass is 10.4. The summed E-state index contributed by atoms with van der Waals surface area (Å²) in [6, 6.07) is 0. The molecule has 8 nitrogen and oxygen atoms in total. The maximum Gasteiger partial charge on any atom is 0.320 e. The van der Waals surface area contributed by atoms with Crippen molar-refractivity contribution in [1.82, 2.24) is 10.2 Å². The van der Waals surface area contributed by atoms with Crippen molar-refractivity contribution in [2.75, 3.05) is 39.3 Å². The van der Waals surface area contributed by atoms with Crippen LogP contribution in [0.1, 0.15) is 6.92 Å². The molecule has 0 aromatic rings. The minimum Gasteiger partial charge on any atom is -0.480 e. The van der Waals surface area contributed by atoms with Gasteiger partial charge in [-0.2, -0.15) is 0 Å². The molecule has 0 unspecified atom stereocenters. The lowest BCUT2D eigenvalue weighted by Crippen LogP contribution is -2.40. The number of aliphatic carboxylic acids is 2. The number of carboxylic acid groups (broad SMARTS) is 2. The number of rotatable bonds is 10. The van der Waals surface area contributed by atoms with Crippen LogP contribution in [0.2, 0.25) is 0 Å². The second kappa shape index (κ2) is 9.37. The minimum absolute atomic E-state index is 0.130. The Labute approximate surface area is 105 Å². The molecule has 0 spiro atoms. The average molecular weight is 262 g/mol. The van der Waals surface area contributed by atoms with Gasteiger partial charge in [0.05, 0.1) is 26.2 Å². The van der Waals surface area contributed by atoms with E-state index < -0.39 is 17.9 Å². The summed E-state index contributed by atoms with van der Waals surface area (Å²) in [5.41, 5.74) is 0. The highest BCUT2D eigenvalue weighted by Crippen LogP contribution is 1.90. The molecule has 0 amide bonds. The maximum atomic E-state index is 11.2. The summed E-state index contributed by atoms with van der Waals surface area (Å²) in [5, 5.41) is 19.7. The van der Waals surface area contributed by atoms with Crippen LogP contribution >= 0.6 is 0 Å². The molecule has 0 saturated carbocycles. The first-order valence-electron chi connectivity index (χ1n) is 5.48. The molecule has 18 heavy (non-hydrogen) atoms. The SMILES string of the molecule is CCOC(=O)CN(CCNCC(=O)O)CC(=O)O. The van der Waals surface area contributed by atoms with Crippen LogP contribution in [0, 0.1) is 0 Å². The van der Waals surface area contributed by atoms with Gasteiger partial charge < -0.3 is 20.3 Å². The Kier molecular flexibility index (Phi) is 8.50. The number of hydrogen-bond acceptors (Lipinski definition) is 6. The molecule has 0 fully saturated rings. The molecule has 8 heteroatoms. The summed E-state index contributed by atoms with van der Waals surface area (Å²) < 4.78 is 4.71. The van der Waals surface area contributed by atoms with Gasteiger partial charge in [-0.25, -0.2) is 0 Å². The molecule has 0 aliphatic heterocycles. The van der Waals surface area contributed by atoms with Gasteiger partial charge >= 0.3 is 17.9 Å². The number of hydrogen-bond donors (Lipinski definition) is 3. The molecular weight excluding hydrogens is 244 g/mol. The molecule has 0 aromatic heterocycles. The second-order valence-corrected chi connectivity index (χ2v) is 3.48. The molecular formula is C10H18N2O6. The Balaban J connectivity index is 4.02. The number of nitrogens with one attached hydrogen (secondary N) is 1. The van der Waals surface area contributed by atoms with Crippen molar-refractivity contribution < 1.29 is 29.3 Å². The molecule has 0 aliphatic rings. The number of nitrogens with zero attached hydrogens (tertiary/aromatic N) is 1. The minimum atomic E-state index is -1.06. The van der Waals surface area contributed by atoms with Gasteiger partial charge in [0.25, 0.3) is 0 Å². The van der Waals surface area contributed by atoms with Crippen molar-refractivity contribution in [1.29, 1.82) is 0 Å². The Bertz CT molecular complexity index is 294. The molecule has 0 atom stereocenters. The number of carbonyl (C=O) groups excluding carboxylic acids is 1. The fraction of sp³-hybridized carbons (Fsp3) is 0.700. The van der Waals surface area contributed by atoms with Gasteiger partial charge in [0, 0.05) is 13.1 Å². The van der Waals surface area contributed by atoms with Crippen LogP contribution in [0.25, 0.3) is 0 Å². The lowest BCUT2D eigenvalue weighted by molar-refractivity contribution is -0.146. The van der Waals surface area contributed by atoms with Crippen LogP contribution in [0.3, 0.4) is 0 Å².